The van der Waals surface area contributed by atoms with Gasteiger partial charge in [0, 0.05) is 31.8 Å². The van der Waals surface area contributed by atoms with Gasteiger partial charge in [0.25, 0.3) is 0 Å². The Morgan fingerprint density at radius 3 is 2.57 bits per heavy atom. The number of hydrogen-bond acceptors (Lipinski definition) is 3. The fraction of sp³-hybridized carbons (Fsp3) is 0.333. The van der Waals surface area contributed by atoms with Gasteiger partial charge in [-0.3, -0.25) is 0 Å². The van der Waals surface area contributed by atoms with Crippen LogP contribution in [-0.4, -0.2) is 29.4 Å². The maximum absolute atomic E-state index is 5.85. The van der Waals surface area contributed by atoms with Gasteiger partial charge in [-0.1, -0.05) is 50.0 Å². The first-order valence-corrected chi connectivity index (χ1v) is 11.7. The summed E-state index contributed by atoms with van der Waals surface area (Å²) in [5.74, 6) is 0. The molecule has 3 rings (SSSR count). The number of rotatable bonds is 6. The van der Waals surface area contributed by atoms with E-state index in [9.17, 15) is 0 Å². The van der Waals surface area contributed by atoms with E-state index in [-0.39, 0.29) is 0 Å². The van der Waals surface area contributed by atoms with Crippen molar-refractivity contribution in [3.63, 3.8) is 0 Å². The zero-order valence-corrected chi connectivity index (χ0v) is 15.0. The van der Waals surface area contributed by atoms with Crippen molar-refractivity contribution in [1.29, 1.82) is 0 Å². The average Bonchev–Trinajstić information content (AvgIpc) is 2.91. The van der Waals surface area contributed by atoms with Crippen molar-refractivity contribution in [2.24, 2.45) is 0 Å². The van der Waals surface area contributed by atoms with Gasteiger partial charge in [0.2, 0.25) is 0 Å². The van der Waals surface area contributed by atoms with Crippen LogP contribution in [-0.2, 0) is 11.5 Å². The smallest absolute Gasteiger partial charge is 0.160 e. The predicted octanol–water partition coefficient (Wildman–Crippen LogP) is 4.41. The molecule has 5 heteroatoms. The molecule has 23 heavy (non-hydrogen) atoms. The molecule has 4 nitrogen and oxygen atoms in total. The molecule has 2 aromatic heterocycles. The Bertz CT molecular complexity index is 778. The van der Waals surface area contributed by atoms with Crippen LogP contribution >= 0.6 is 0 Å². The molecule has 2 heterocycles. The van der Waals surface area contributed by atoms with Crippen LogP contribution in [0, 0.1) is 0 Å². The van der Waals surface area contributed by atoms with Gasteiger partial charge in [0.05, 0.1) is 0 Å². The molecule has 0 fully saturated rings. The molecule has 0 aliphatic carbocycles. The lowest BCUT2D eigenvalue weighted by molar-refractivity contribution is 0.0814. The lowest BCUT2D eigenvalue weighted by atomic mass is 10.1. The molecule has 0 radical (unpaired) electrons. The summed E-state index contributed by atoms with van der Waals surface area (Å²) in [6, 6.07) is 15.4. The van der Waals surface area contributed by atoms with Crippen molar-refractivity contribution in [2.75, 3.05) is 6.61 Å². The molecule has 0 saturated heterocycles. The van der Waals surface area contributed by atoms with Crippen molar-refractivity contribution in [3.8, 4) is 11.3 Å². The van der Waals surface area contributed by atoms with Crippen LogP contribution in [0.3, 0.4) is 0 Å². The second-order valence-corrected chi connectivity index (χ2v) is 12.6. The number of fused-ring (bicyclic) bond motifs is 1. The summed E-state index contributed by atoms with van der Waals surface area (Å²) >= 11 is 0. The second kappa shape index (κ2) is 6.64. The molecule has 0 spiro atoms. The van der Waals surface area contributed by atoms with E-state index in [1.165, 1.54) is 0 Å². The van der Waals surface area contributed by atoms with Gasteiger partial charge >= 0.3 is 0 Å². The molecule has 3 aromatic rings. The Kier molecular flexibility index (Phi) is 4.59. The zero-order chi connectivity index (χ0) is 16.3. The Morgan fingerprint density at radius 2 is 1.83 bits per heavy atom. The van der Waals surface area contributed by atoms with E-state index in [4.69, 9.17) is 9.84 Å². The molecule has 0 saturated carbocycles. The highest BCUT2D eigenvalue weighted by atomic mass is 28.3. The fourth-order valence-corrected chi connectivity index (χ4v) is 3.19. The molecule has 0 atom stereocenters. The summed E-state index contributed by atoms with van der Waals surface area (Å²) in [6.45, 7) is 8.30. The van der Waals surface area contributed by atoms with Crippen LogP contribution in [0.4, 0.5) is 0 Å². The average molecular weight is 325 g/mol. The van der Waals surface area contributed by atoms with Gasteiger partial charge in [0.15, 0.2) is 5.65 Å². The number of benzene rings is 1. The minimum atomic E-state index is -1.07. The molecule has 0 aliphatic heterocycles. The van der Waals surface area contributed by atoms with E-state index in [2.05, 4.69) is 42.8 Å². The van der Waals surface area contributed by atoms with E-state index in [0.29, 0.717) is 6.73 Å². The minimum Gasteiger partial charge on any atom is -0.359 e. The van der Waals surface area contributed by atoms with E-state index < -0.39 is 8.07 Å². The summed E-state index contributed by atoms with van der Waals surface area (Å²) < 4.78 is 7.71. The van der Waals surface area contributed by atoms with Gasteiger partial charge in [-0.15, -0.1) is 0 Å². The number of pyridine rings is 1. The number of aromatic nitrogens is 3. The summed E-state index contributed by atoms with van der Waals surface area (Å²) in [4.78, 5) is 4.48. The van der Waals surface area contributed by atoms with Gasteiger partial charge < -0.3 is 4.74 Å². The predicted molar refractivity (Wildman–Crippen MR) is 97.1 cm³/mol. The Balaban J connectivity index is 1.84. The molecule has 0 bridgehead atoms. The maximum Gasteiger partial charge on any atom is 0.160 e. The standard InChI is InChI=1S/C18H23N3OSi/c1-23(2,3)13-12-22-14-21-18-16(10-7-11-19-18)17(20-21)15-8-5-4-6-9-15/h4-11H,12-14H2,1-3H3. The van der Waals surface area contributed by atoms with Crippen molar-refractivity contribution >= 4 is 19.1 Å². The van der Waals surface area contributed by atoms with Crippen LogP contribution in [0.1, 0.15) is 0 Å². The van der Waals surface area contributed by atoms with Crippen molar-refractivity contribution in [3.05, 3.63) is 48.7 Å². The summed E-state index contributed by atoms with van der Waals surface area (Å²) in [5.41, 5.74) is 2.94. The molecule has 0 N–H and O–H groups in total. The highest BCUT2D eigenvalue weighted by Crippen LogP contribution is 2.26. The number of ether oxygens (including phenoxy) is 1. The Hall–Kier alpha value is -1.98. The van der Waals surface area contributed by atoms with E-state index in [1.807, 2.05) is 28.9 Å². The molecular weight excluding hydrogens is 302 g/mol. The third-order valence-corrected chi connectivity index (χ3v) is 5.47. The van der Waals surface area contributed by atoms with Crippen LogP contribution in [0.2, 0.25) is 25.7 Å². The van der Waals surface area contributed by atoms with Crippen molar-refractivity contribution in [1.82, 2.24) is 14.8 Å². The first kappa shape index (κ1) is 15.9. The number of hydrogen-bond donors (Lipinski definition) is 0. The highest BCUT2D eigenvalue weighted by molar-refractivity contribution is 6.76. The molecule has 0 aliphatic rings. The summed E-state index contributed by atoms with van der Waals surface area (Å²) in [6.07, 6.45) is 1.80. The maximum atomic E-state index is 5.85. The van der Waals surface area contributed by atoms with Gasteiger partial charge in [-0.05, 0) is 18.2 Å². The van der Waals surface area contributed by atoms with Crippen LogP contribution in [0.25, 0.3) is 22.3 Å². The quantitative estimate of drug-likeness (QED) is 0.498. The molecule has 120 valence electrons. The lowest BCUT2D eigenvalue weighted by Gasteiger charge is -2.15. The van der Waals surface area contributed by atoms with E-state index >= 15 is 0 Å². The molecular formula is C18H23N3OSi. The fourth-order valence-electron chi connectivity index (χ4n) is 2.44. The minimum absolute atomic E-state index is 0.449. The van der Waals surface area contributed by atoms with Crippen LogP contribution < -0.4 is 0 Å². The SMILES string of the molecule is C[Si](C)(C)CCOCn1nc(-c2ccccc2)c2cccnc21. The molecule has 0 unspecified atom stereocenters. The highest BCUT2D eigenvalue weighted by Gasteiger charge is 2.14. The first-order valence-electron chi connectivity index (χ1n) is 7.99. The van der Waals surface area contributed by atoms with Crippen LogP contribution in [0.5, 0.6) is 0 Å². The monoisotopic (exact) mass is 325 g/mol. The third-order valence-electron chi connectivity index (χ3n) is 3.76. The summed E-state index contributed by atoms with van der Waals surface area (Å²) in [7, 11) is -1.07. The van der Waals surface area contributed by atoms with Crippen LogP contribution in [0.15, 0.2) is 48.7 Å². The lowest BCUT2D eigenvalue weighted by Crippen LogP contribution is -2.22. The second-order valence-electron chi connectivity index (χ2n) is 6.94. The number of nitrogens with zero attached hydrogens (tertiary/aromatic N) is 3. The van der Waals surface area contributed by atoms with Crippen molar-refractivity contribution in [2.45, 2.75) is 32.4 Å². The first-order chi connectivity index (χ1) is 11.0. The van der Waals surface area contributed by atoms with Crippen molar-refractivity contribution < 1.29 is 4.74 Å². The van der Waals surface area contributed by atoms with Gasteiger partial charge in [-0.25, -0.2) is 9.67 Å². The Morgan fingerprint density at radius 1 is 1.04 bits per heavy atom. The molecule has 0 amide bonds. The molecule has 1 aromatic carbocycles. The summed E-state index contributed by atoms with van der Waals surface area (Å²) in [5, 5.41) is 5.80. The topological polar surface area (TPSA) is 39.9 Å². The zero-order valence-electron chi connectivity index (χ0n) is 14.0. The normalized spacial score (nSPS) is 12.0. The van der Waals surface area contributed by atoms with Gasteiger partial charge in [-0.2, -0.15) is 5.10 Å². The largest absolute Gasteiger partial charge is 0.359 e. The van der Waals surface area contributed by atoms with E-state index in [0.717, 1.165) is 34.9 Å². The Labute approximate surface area is 138 Å². The van der Waals surface area contributed by atoms with E-state index in [1.54, 1.807) is 6.20 Å². The third kappa shape index (κ3) is 3.86. The van der Waals surface area contributed by atoms with Gasteiger partial charge in [0.1, 0.15) is 12.4 Å².